The van der Waals surface area contributed by atoms with E-state index in [1.807, 2.05) is 46.2 Å². The first kappa shape index (κ1) is 31.3. The van der Waals surface area contributed by atoms with Gasteiger partial charge in [-0.2, -0.15) is 0 Å². The summed E-state index contributed by atoms with van der Waals surface area (Å²) < 4.78 is 5.58. The molecule has 0 aliphatic carbocycles. The van der Waals surface area contributed by atoms with Crippen LogP contribution < -0.4 is 15.0 Å². The van der Waals surface area contributed by atoms with Crippen LogP contribution in [0, 0.1) is 11.3 Å². The lowest BCUT2D eigenvalue weighted by Crippen LogP contribution is -2.45. The number of rotatable bonds is 8. The molecule has 5 rings (SSSR count). The Morgan fingerprint density at radius 3 is 2.42 bits per heavy atom. The minimum Gasteiger partial charge on any atom is -0.482 e. The Morgan fingerprint density at radius 1 is 0.977 bits per heavy atom. The van der Waals surface area contributed by atoms with Gasteiger partial charge < -0.3 is 24.8 Å². The third-order valence-corrected chi connectivity index (χ3v) is 9.17. The van der Waals surface area contributed by atoms with Gasteiger partial charge in [-0.05, 0) is 85.9 Å². The first-order valence-electron chi connectivity index (χ1n) is 15.7. The van der Waals surface area contributed by atoms with Gasteiger partial charge in [-0.15, -0.1) is 0 Å². The van der Waals surface area contributed by atoms with Crippen LogP contribution in [0.5, 0.6) is 5.75 Å². The number of halogens is 1. The molecule has 2 fully saturated rings. The topological polar surface area (TPSA) is 82.2 Å². The lowest BCUT2D eigenvalue weighted by atomic mass is 9.86. The van der Waals surface area contributed by atoms with Crippen molar-refractivity contribution in [1.29, 1.82) is 0 Å². The highest BCUT2D eigenvalue weighted by molar-refractivity contribution is 6.31. The van der Waals surface area contributed by atoms with Crippen molar-refractivity contribution in [1.82, 2.24) is 15.1 Å². The van der Waals surface area contributed by atoms with Gasteiger partial charge in [0.05, 0.1) is 5.69 Å². The molecule has 3 amide bonds. The molecule has 0 aromatic heterocycles. The zero-order valence-corrected chi connectivity index (χ0v) is 26.5. The maximum absolute atomic E-state index is 13.4. The summed E-state index contributed by atoms with van der Waals surface area (Å²) in [5.74, 6) is 1.53. The van der Waals surface area contributed by atoms with Gasteiger partial charge in [0, 0.05) is 49.7 Å². The van der Waals surface area contributed by atoms with E-state index in [1.165, 1.54) is 0 Å². The first-order valence-corrected chi connectivity index (χ1v) is 16.0. The first-order chi connectivity index (χ1) is 20.6. The number of ether oxygens (including phenoxy) is 1. The van der Waals surface area contributed by atoms with E-state index in [2.05, 4.69) is 31.0 Å². The summed E-state index contributed by atoms with van der Waals surface area (Å²) in [6, 6.07) is 13.4. The molecule has 0 radical (unpaired) electrons. The van der Waals surface area contributed by atoms with Crippen LogP contribution in [-0.4, -0.2) is 79.9 Å². The second kappa shape index (κ2) is 13.7. The van der Waals surface area contributed by atoms with Crippen molar-refractivity contribution in [2.75, 3.05) is 57.3 Å². The van der Waals surface area contributed by atoms with Crippen molar-refractivity contribution in [3.8, 4) is 5.75 Å². The van der Waals surface area contributed by atoms with Crippen LogP contribution in [0.25, 0.3) is 0 Å². The van der Waals surface area contributed by atoms with E-state index in [4.69, 9.17) is 16.3 Å². The summed E-state index contributed by atoms with van der Waals surface area (Å²) in [4.78, 5) is 44.8. The van der Waals surface area contributed by atoms with Crippen LogP contribution in [0.15, 0.2) is 42.5 Å². The Hall–Kier alpha value is -3.10. The smallest absolute Gasteiger partial charge is 0.265 e. The molecule has 2 aromatic carbocycles. The van der Waals surface area contributed by atoms with E-state index in [0.717, 1.165) is 75.4 Å². The third-order valence-electron chi connectivity index (χ3n) is 8.94. The van der Waals surface area contributed by atoms with Gasteiger partial charge in [-0.1, -0.05) is 50.6 Å². The van der Waals surface area contributed by atoms with Crippen LogP contribution in [0.3, 0.4) is 0 Å². The average Bonchev–Trinajstić information content (AvgIpc) is 2.99. The Bertz CT molecular complexity index is 1310. The van der Waals surface area contributed by atoms with Gasteiger partial charge in [0.25, 0.3) is 11.8 Å². The van der Waals surface area contributed by atoms with Gasteiger partial charge in [-0.3, -0.25) is 14.4 Å². The number of hydrogen-bond acceptors (Lipinski definition) is 5. The standard InChI is InChI=1S/C34H45ClN4O4/c1-34(2,3)21-31(40)38-16-10-24(11-17-38)22-36-33(42)28-20-26(35)8-9-27(28)25-12-14-37(15-13-25)18-19-39-29-6-4-5-7-30(29)43-23-32(39)41/h4-9,20,24-25H,10-19,21-23H2,1-3H3,(H,36,42). The molecule has 0 bridgehead atoms. The van der Waals surface area contributed by atoms with Crippen LogP contribution >= 0.6 is 11.6 Å². The third kappa shape index (κ3) is 8.09. The highest BCUT2D eigenvalue weighted by Crippen LogP contribution is 2.34. The highest BCUT2D eigenvalue weighted by Gasteiger charge is 2.29. The lowest BCUT2D eigenvalue weighted by molar-refractivity contribution is -0.134. The average molecular weight is 609 g/mol. The molecular formula is C34H45ClN4O4. The summed E-state index contributed by atoms with van der Waals surface area (Å²) in [5, 5.41) is 3.74. The molecule has 9 heteroatoms. The number of fused-ring (bicyclic) bond motifs is 1. The molecule has 3 aliphatic rings. The summed E-state index contributed by atoms with van der Waals surface area (Å²) in [7, 11) is 0. The SMILES string of the molecule is CC(C)(C)CC(=O)N1CCC(CNC(=O)c2cc(Cl)ccc2C2CCN(CCN3C(=O)COc4ccccc43)CC2)CC1. The van der Waals surface area contributed by atoms with E-state index in [1.54, 1.807) is 6.07 Å². The van der Waals surface area contributed by atoms with Crippen molar-refractivity contribution >= 4 is 35.0 Å². The van der Waals surface area contributed by atoms with Gasteiger partial charge >= 0.3 is 0 Å². The Morgan fingerprint density at radius 2 is 1.70 bits per heavy atom. The second-order valence-electron chi connectivity index (χ2n) is 13.4. The molecule has 2 saturated heterocycles. The van der Waals surface area contributed by atoms with Crippen LogP contribution in [0.4, 0.5) is 5.69 Å². The maximum atomic E-state index is 13.4. The summed E-state index contributed by atoms with van der Waals surface area (Å²) in [6.07, 6.45) is 4.25. The molecule has 2 aromatic rings. The van der Waals surface area contributed by atoms with E-state index in [-0.39, 0.29) is 35.7 Å². The van der Waals surface area contributed by atoms with Gasteiger partial charge in [0.15, 0.2) is 6.61 Å². The predicted molar refractivity (Wildman–Crippen MR) is 170 cm³/mol. The normalized spacial score (nSPS) is 18.7. The minimum atomic E-state index is -0.0735. The number of nitrogens with one attached hydrogen (secondary N) is 1. The minimum absolute atomic E-state index is 0.00928. The van der Waals surface area contributed by atoms with E-state index in [0.29, 0.717) is 36.0 Å². The Kier molecular flexibility index (Phi) is 9.97. The maximum Gasteiger partial charge on any atom is 0.265 e. The quantitative estimate of drug-likeness (QED) is 0.437. The highest BCUT2D eigenvalue weighted by atomic mass is 35.5. The van der Waals surface area contributed by atoms with Crippen molar-refractivity contribution < 1.29 is 19.1 Å². The number of carbonyl (C=O) groups is 3. The lowest BCUT2D eigenvalue weighted by Gasteiger charge is -2.35. The van der Waals surface area contributed by atoms with E-state index in [9.17, 15) is 14.4 Å². The fourth-order valence-corrected chi connectivity index (χ4v) is 6.65. The van der Waals surface area contributed by atoms with Crippen molar-refractivity contribution in [3.05, 3.63) is 58.6 Å². The fourth-order valence-electron chi connectivity index (χ4n) is 6.47. The van der Waals surface area contributed by atoms with Crippen molar-refractivity contribution in [3.63, 3.8) is 0 Å². The number of nitrogens with zero attached hydrogens (tertiary/aromatic N) is 3. The second-order valence-corrected chi connectivity index (χ2v) is 13.9. The molecule has 232 valence electrons. The Balaban J connectivity index is 1.11. The monoisotopic (exact) mass is 608 g/mol. The largest absolute Gasteiger partial charge is 0.482 e. The molecule has 8 nitrogen and oxygen atoms in total. The molecule has 3 heterocycles. The van der Waals surface area contributed by atoms with Crippen LogP contribution in [-0.2, 0) is 9.59 Å². The number of amides is 3. The fraction of sp³-hybridized carbons (Fsp3) is 0.559. The molecule has 0 unspecified atom stereocenters. The molecular weight excluding hydrogens is 564 g/mol. The van der Waals surface area contributed by atoms with Gasteiger partial charge in [-0.25, -0.2) is 0 Å². The number of anilines is 1. The van der Waals surface area contributed by atoms with Gasteiger partial charge in [0.2, 0.25) is 5.91 Å². The molecule has 0 spiro atoms. The van der Waals surface area contributed by atoms with Crippen LogP contribution in [0.2, 0.25) is 5.02 Å². The van der Waals surface area contributed by atoms with Crippen LogP contribution in [0.1, 0.15) is 74.7 Å². The van der Waals surface area contributed by atoms with Gasteiger partial charge in [0.1, 0.15) is 5.75 Å². The number of hydrogen-bond donors (Lipinski definition) is 1. The summed E-state index contributed by atoms with van der Waals surface area (Å²) >= 11 is 6.36. The summed E-state index contributed by atoms with van der Waals surface area (Å²) in [6.45, 7) is 11.7. The number of para-hydroxylation sites is 2. The number of benzene rings is 2. The number of carbonyl (C=O) groups excluding carboxylic acids is 3. The number of likely N-dealkylation sites (tertiary alicyclic amines) is 2. The van der Waals surface area contributed by atoms with Crippen molar-refractivity contribution in [2.45, 2.75) is 58.8 Å². The molecule has 43 heavy (non-hydrogen) atoms. The zero-order valence-electron chi connectivity index (χ0n) is 25.7. The molecule has 0 saturated carbocycles. The van der Waals surface area contributed by atoms with Crippen molar-refractivity contribution in [2.24, 2.45) is 11.3 Å². The van der Waals surface area contributed by atoms with E-state index < -0.39 is 0 Å². The predicted octanol–water partition coefficient (Wildman–Crippen LogP) is 5.35. The van der Waals surface area contributed by atoms with E-state index >= 15 is 0 Å². The zero-order chi connectivity index (χ0) is 30.6. The Labute approximate surface area is 260 Å². The molecule has 3 aliphatic heterocycles. The number of piperidine rings is 2. The molecule has 0 atom stereocenters. The summed E-state index contributed by atoms with van der Waals surface area (Å²) in [5.41, 5.74) is 2.55. The molecule has 1 N–H and O–H groups in total.